The Balaban J connectivity index is 1.95. The van der Waals surface area contributed by atoms with Crippen LogP contribution in [0.5, 0.6) is 5.75 Å². The Bertz CT molecular complexity index is 537. The van der Waals surface area contributed by atoms with Gasteiger partial charge in [-0.1, -0.05) is 6.92 Å². The smallest absolute Gasteiger partial charge is 0.251 e. The molecule has 2 rings (SSSR count). The van der Waals surface area contributed by atoms with Gasteiger partial charge in [0.05, 0.1) is 12.6 Å². The van der Waals surface area contributed by atoms with Crippen molar-refractivity contribution >= 4 is 5.91 Å². The van der Waals surface area contributed by atoms with Crippen molar-refractivity contribution in [3.63, 3.8) is 0 Å². The number of aromatic nitrogens is 3. The molecule has 0 aliphatic heterocycles. The summed E-state index contributed by atoms with van der Waals surface area (Å²) in [5.41, 5.74) is 0.584. The van der Waals surface area contributed by atoms with E-state index in [1.165, 1.54) is 6.33 Å². The molecule has 0 aliphatic carbocycles. The van der Waals surface area contributed by atoms with Crippen LogP contribution < -0.4 is 10.1 Å². The fourth-order valence-corrected chi connectivity index (χ4v) is 1.69. The molecule has 1 aromatic carbocycles. The van der Waals surface area contributed by atoms with E-state index in [0.29, 0.717) is 18.0 Å². The van der Waals surface area contributed by atoms with Crippen LogP contribution in [0.15, 0.2) is 30.6 Å². The molecular formula is C14H18N4O2. The van der Waals surface area contributed by atoms with Crippen molar-refractivity contribution in [2.24, 2.45) is 0 Å². The van der Waals surface area contributed by atoms with Gasteiger partial charge in [-0.05, 0) is 37.6 Å². The maximum atomic E-state index is 12.1. The summed E-state index contributed by atoms with van der Waals surface area (Å²) in [6, 6.07) is 6.86. The van der Waals surface area contributed by atoms with Crippen molar-refractivity contribution in [2.45, 2.75) is 26.3 Å². The predicted octanol–water partition coefficient (Wildman–Crippen LogP) is 2.08. The van der Waals surface area contributed by atoms with Gasteiger partial charge in [0.2, 0.25) is 0 Å². The zero-order valence-electron chi connectivity index (χ0n) is 11.6. The Morgan fingerprint density at radius 2 is 2.15 bits per heavy atom. The average molecular weight is 274 g/mol. The van der Waals surface area contributed by atoms with Crippen LogP contribution in [0.3, 0.4) is 0 Å². The molecule has 106 valence electrons. The lowest BCUT2D eigenvalue weighted by atomic mass is 10.2. The molecule has 0 spiro atoms. The number of rotatable bonds is 6. The molecule has 2 aromatic rings. The van der Waals surface area contributed by atoms with Gasteiger partial charge in [-0.2, -0.15) is 5.10 Å². The van der Waals surface area contributed by atoms with E-state index in [1.807, 2.05) is 13.8 Å². The third-order valence-electron chi connectivity index (χ3n) is 2.78. The first-order valence-electron chi connectivity index (χ1n) is 6.59. The summed E-state index contributed by atoms with van der Waals surface area (Å²) in [5, 5.41) is 9.34. The van der Waals surface area contributed by atoms with Crippen molar-refractivity contribution in [2.75, 3.05) is 6.61 Å². The zero-order chi connectivity index (χ0) is 14.4. The number of amides is 1. The fourth-order valence-electron chi connectivity index (χ4n) is 1.69. The van der Waals surface area contributed by atoms with Gasteiger partial charge in [-0.15, -0.1) is 0 Å². The van der Waals surface area contributed by atoms with Crippen LogP contribution in [0.25, 0.3) is 0 Å². The lowest BCUT2D eigenvalue weighted by molar-refractivity contribution is 0.0938. The summed E-state index contributed by atoms with van der Waals surface area (Å²) >= 11 is 0. The van der Waals surface area contributed by atoms with E-state index in [2.05, 4.69) is 20.5 Å². The van der Waals surface area contributed by atoms with Crippen LogP contribution in [0.1, 0.15) is 42.5 Å². The highest BCUT2D eigenvalue weighted by Crippen LogP contribution is 2.13. The van der Waals surface area contributed by atoms with Crippen molar-refractivity contribution < 1.29 is 9.53 Å². The topological polar surface area (TPSA) is 79.9 Å². The third-order valence-corrected chi connectivity index (χ3v) is 2.78. The van der Waals surface area contributed by atoms with Crippen molar-refractivity contribution in [1.82, 2.24) is 20.5 Å². The quantitative estimate of drug-likeness (QED) is 0.845. The maximum absolute atomic E-state index is 12.1. The number of hydrogen-bond donors (Lipinski definition) is 2. The number of nitrogens with one attached hydrogen (secondary N) is 2. The van der Waals surface area contributed by atoms with E-state index >= 15 is 0 Å². The molecule has 0 bridgehead atoms. The van der Waals surface area contributed by atoms with Crippen LogP contribution in [-0.4, -0.2) is 27.7 Å². The second-order valence-corrected chi connectivity index (χ2v) is 4.44. The summed E-state index contributed by atoms with van der Waals surface area (Å²) < 4.78 is 5.47. The fraction of sp³-hybridized carbons (Fsp3) is 0.357. The highest BCUT2D eigenvalue weighted by atomic mass is 16.5. The molecule has 6 nitrogen and oxygen atoms in total. The van der Waals surface area contributed by atoms with Crippen molar-refractivity contribution in [1.29, 1.82) is 0 Å². The monoisotopic (exact) mass is 274 g/mol. The van der Waals surface area contributed by atoms with Crippen LogP contribution >= 0.6 is 0 Å². The lowest BCUT2D eigenvalue weighted by Gasteiger charge is -2.11. The van der Waals surface area contributed by atoms with Gasteiger partial charge in [0, 0.05) is 5.56 Å². The van der Waals surface area contributed by atoms with Gasteiger partial charge in [0.15, 0.2) is 0 Å². The Hall–Kier alpha value is -2.37. The molecule has 1 unspecified atom stereocenters. The number of carbonyl (C=O) groups is 1. The van der Waals surface area contributed by atoms with Crippen LogP contribution in [0.2, 0.25) is 0 Å². The summed E-state index contributed by atoms with van der Waals surface area (Å²) in [7, 11) is 0. The molecule has 0 saturated heterocycles. The predicted molar refractivity (Wildman–Crippen MR) is 74.5 cm³/mol. The standard InChI is InChI=1S/C14H18N4O2/c1-3-8-20-12-6-4-11(5-7-12)14(19)17-10(2)13-15-9-16-18-13/h4-7,9-10H,3,8H2,1-2H3,(H,17,19)(H,15,16,18). The molecule has 6 heteroatoms. The molecule has 1 aromatic heterocycles. The molecule has 1 atom stereocenters. The van der Waals surface area contributed by atoms with E-state index in [1.54, 1.807) is 24.3 Å². The molecule has 0 aliphatic rings. The van der Waals surface area contributed by atoms with E-state index < -0.39 is 0 Å². The number of nitrogens with zero attached hydrogens (tertiary/aromatic N) is 2. The molecule has 0 radical (unpaired) electrons. The lowest BCUT2D eigenvalue weighted by Crippen LogP contribution is -2.27. The summed E-state index contributed by atoms with van der Waals surface area (Å²) in [6.45, 7) is 4.57. The second kappa shape index (κ2) is 6.70. The second-order valence-electron chi connectivity index (χ2n) is 4.44. The van der Waals surface area contributed by atoms with Gasteiger partial charge in [-0.25, -0.2) is 4.98 Å². The normalized spacial score (nSPS) is 11.9. The molecular weight excluding hydrogens is 256 g/mol. The number of H-pyrrole nitrogens is 1. The van der Waals surface area contributed by atoms with Gasteiger partial charge in [-0.3, -0.25) is 9.89 Å². The first kappa shape index (κ1) is 14.0. The van der Waals surface area contributed by atoms with E-state index in [-0.39, 0.29) is 11.9 Å². The minimum Gasteiger partial charge on any atom is -0.494 e. The van der Waals surface area contributed by atoms with Crippen LogP contribution in [-0.2, 0) is 0 Å². The van der Waals surface area contributed by atoms with Gasteiger partial charge in [0.25, 0.3) is 5.91 Å². The molecule has 0 fully saturated rings. The summed E-state index contributed by atoms with van der Waals surface area (Å²) in [4.78, 5) is 16.1. The first-order valence-corrected chi connectivity index (χ1v) is 6.59. The number of ether oxygens (including phenoxy) is 1. The number of benzene rings is 1. The van der Waals surface area contributed by atoms with Gasteiger partial charge < -0.3 is 10.1 Å². The SMILES string of the molecule is CCCOc1ccc(C(=O)NC(C)c2ncn[nH]2)cc1. The number of hydrogen-bond acceptors (Lipinski definition) is 4. The van der Waals surface area contributed by atoms with E-state index in [0.717, 1.165) is 12.2 Å². The number of carbonyl (C=O) groups excluding carboxylic acids is 1. The van der Waals surface area contributed by atoms with Crippen molar-refractivity contribution in [3.8, 4) is 5.75 Å². The van der Waals surface area contributed by atoms with E-state index in [9.17, 15) is 4.79 Å². The average Bonchev–Trinajstić information content (AvgIpc) is 3.00. The number of aromatic amines is 1. The summed E-state index contributed by atoms with van der Waals surface area (Å²) in [6.07, 6.45) is 2.37. The van der Waals surface area contributed by atoms with E-state index in [4.69, 9.17) is 4.74 Å². The Morgan fingerprint density at radius 3 is 2.75 bits per heavy atom. The molecule has 20 heavy (non-hydrogen) atoms. The maximum Gasteiger partial charge on any atom is 0.251 e. The van der Waals surface area contributed by atoms with Crippen LogP contribution in [0, 0.1) is 0 Å². The van der Waals surface area contributed by atoms with Gasteiger partial charge >= 0.3 is 0 Å². The largest absolute Gasteiger partial charge is 0.494 e. The summed E-state index contributed by atoms with van der Waals surface area (Å²) in [5.74, 6) is 1.24. The molecule has 2 N–H and O–H groups in total. The molecule has 1 amide bonds. The first-order chi connectivity index (χ1) is 9.70. The van der Waals surface area contributed by atoms with Gasteiger partial charge in [0.1, 0.15) is 17.9 Å². The third kappa shape index (κ3) is 3.57. The van der Waals surface area contributed by atoms with Crippen LogP contribution in [0.4, 0.5) is 0 Å². The Morgan fingerprint density at radius 1 is 1.40 bits per heavy atom. The minimum absolute atomic E-state index is 0.157. The molecule has 0 saturated carbocycles. The minimum atomic E-state index is -0.221. The molecule has 1 heterocycles. The highest BCUT2D eigenvalue weighted by molar-refractivity contribution is 5.94. The zero-order valence-corrected chi connectivity index (χ0v) is 11.6. The van der Waals surface area contributed by atoms with Crippen molar-refractivity contribution in [3.05, 3.63) is 42.0 Å². The Labute approximate surface area is 117 Å². The highest BCUT2D eigenvalue weighted by Gasteiger charge is 2.13. The Kier molecular flexibility index (Phi) is 4.70.